The molecule has 0 radical (unpaired) electrons. The van der Waals surface area contributed by atoms with Crippen LogP contribution in [0.15, 0.2) is 24.3 Å². The lowest BCUT2D eigenvalue weighted by Crippen LogP contribution is -2.06. The van der Waals surface area contributed by atoms with Crippen molar-refractivity contribution in [3.8, 4) is 5.75 Å². The van der Waals surface area contributed by atoms with Gasteiger partial charge in [-0.2, -0.15) is 0 Å². The predicted octanol–water partition coefficient (Wildman–Crippen LogP) is 4.33. The van der Waals surface area contributed by atoms with Crippen LogP contribution in [0, 0.1) is 0 Å². The highest BCUT2D eigenvalue weighted by molar-refractivity contribution is 7.14. The second-order valence-electron chi connectivity index (χ2n) is 5.94. The van der Waals surface area contributed by atoms with Gasteiger partial charge in [-0.15, -0.1) is 11.3 Å². The molecule has 4 rings (SSSR count). The van der Waals surface area contributed by atoms with Crippen molar-refractivity contribution in [2.24, 2.45) is 0 Å². The summed E-state index contributed by atoms with van der Waals surface area (Å²) in [6.07, 6.45) is 8.18. The average Bonchev–Trinajstić information content (AvgIpc) is 3.13. The van der Waals surface area contributed by atoms with E-state index in [-0.39, 0.29) is 5.97 Å². The van der Waals surface area contributed by atoms with Gasteiger partial charge in [-0.1, -0.05) is 6.07 Å². The molecule has 0 bridgehead atoms. The van der Waals surface area contributed by atoms with E-state index in [1.165, 1.54) is 40.8 Å². The van der Waals surface area contributed by atoms with Crippen molar-refractivity contribution in [1.82, 2.24) is 0 Å². The molecule has 1 aromatic carbocycles. The van der Waals surface area contributed by atoms with Gasteiger partial charge in [0.2, 0.25) is 0 Å². The molecule has 0 spiro atoms. The Labute approximate surface area is 128 Å². The molecule has 0 aliphatic heterocycles. The molecule has 1 heterocycles. The van der Waals surface area contributed by atoms with Gasteiger partial charge >= 0.3 is 5.97 Å². The molecule has 108 valence electrons. The van der Waals surface area contributed by atoms with Gasteiger partial charge in [0.05, 0.1) is 0 Å². The Balaban J connectivity index is 1.54. The van der Waals surface area contributed by atoms with Gasteiger partial charge in [-0.05, 0) is 79.8 Å². The van der Waals surface area contributed by atoms with Gasteiger partial charge in [0.1, 0.15) is 10.6 Å². The fourth-order valence-electron chi connectivity index (χ4n) is 3.36. The molecular formula is C18H18O2S. The van der Waals surface area contributed by atoms with Gasteiger partial charge in [-0.3, -0.25) is 0 Å². The lowest BCUT2D eigenvalue weighted by Gasteiger charge is -2.08. The van der Waals surface area contributed by atoms with E-state index >= 15 is 0 Å². The summed E-state index contributed by atoms with van der Waals surface area (Å²) in [5.41, 5.74) is 4.10. The van der Waals surface area contributed by atoms with E-state index in [4.69, 9.17) is 4.74 Å². The number of hydrogen-bond acceptors (Lipinski definition) is 3. The number of aryl methyl sites for hydroxylation is 4. The van der Waals surface area contributed by atoms with Crippen LogP contribution >= 0.6 is 11.3 Å². The highest BCUT2D eigenvalue weighted by Crippen LogP contribution is 2.31. The Kier molecular flexibility index (Phi) is 3.30. The first kappa shape index (κ1) is 13.1. The number of thiophene rings is 1. The molecule has 0 amide bonds. The largest absolute Gasteiger partial charge is 0.422 e. The fourth-order valence-corrected chi connectivity index (χ4v) is 4.49. The van der Waals surface area contributed by atoms with E-state index in [1.54, 1.807) is 11.3 Å². The standard InChI is InChI=1S/C18H18O2S/c19-18(17-11-14-4-1-2-7-16(14)21-17)20-15-9-8-12-5-3-6-13(12)10-15/h8-11H,1-7H2. The quantitative estimate of drug-likeness (QED) is 0.609. The van der Waals surface area contributed by atoms with Crippen molar-refractivity contribution in [1.29, 1.82) is 0 Å². The van der Waals surface area contributed by atoms with Gasteiger partial charge < -0.3 is 4.74 Å². The van der Waals surface area contributed by atoms with Crippen LogP contribution in [0.1, 0.15) is 50.5 Å². The van der Waals surface area contributed by atoms with Crippen LogP contribution in [0.25, 0.3) is 0 Å². The maximum Gasteiger partial charge on any atom is 0.353 e. The minimum absolute atomic E-state index is 0.202. The number of rotatable bonds is 2. The molecule has 2 aromatic rings. The summed E-state index contributed by atoms with van der Waals surface area (Å²) in [5, 5.41) is 0. The third kappa shape index (κ3) is 2.51. The third-order valence-corrected chi connectivity index (χ3v) is 5.70. The lowest BCUT2D eigenvalue weighted by molar-refractivity contribution is 0.0739. The van der Waals surface area contributed by atoms with E-state index in [9.17, 15) is 4.79 Å². The molecule has 1 aromatic heterocycles. The summed E-state index contributed by atoms with van der Waals surface area (Å²) in [4.78, 5) is 14.4. The van der Waals surface area contributed by atoms with Gasteiger partial charge in [0.25, 0.3) is 0 Å². The molecule has 0 fully saturated rings. The molecule has 2 aliphatic carbocycles. The van der Waals surface area contributed by atoms with Gasteiger partial charge in [0, 0.05) is 4.88 Å². The first-order valence-corrected chi connectivity index (χ1v) is 8.57. The molecule has 0 saturated carbocycles. The predicted molar refractivity (Wildman–Crippen MR) is 84.4 cm³/mol. The van der Waals surface area contributed by atoms with E-state index in [2.05, 4.69) is 6.07 Å². The smallest absolute Gasteiger partial charge is 0.353 e. The van der Waals surface area contributed by atoms with Crippen LogP contribution in [0.5, 0.6) is 5.75 Å². The highest BCUT2D eigenvalue weighted by Gasteiger charge is 2.19. The molecule has 0 atom stereocenters. The number of carbonyl (C=O) groups excluding carboxylic acids is 1. The first-order valence-electron chi connectivity index (χ1n) is 7.75. The normalized spacial score (nSPS) is 16.4. The fraction of sp³-hybridized carbons (Fsp3) is 0.389. The Bertz CT molecular complexity index is 676. The summed E-state index contributed by atoms with van der Waals surface area (Å²) in [7, 11) is 0. The molecule has 21 heavy (non-hydrogen) atoms. The van der Waals surface area contributed by atoms with Crippen LogP contribution in [0.4, 0.5) is 0 Å². The zero-order valence-electron chi connectivity index (χ0n) is 12.0. The Hall–Kier alpha value is -1.61. The minimum Gasteiger partial charge on any atom is -0.422 e. The van der Waals surface area contributed by atoms with Crippen LogP contribution in [-0.2, 0) is 25.7 Å². The van der Waals surface area contributed by atoms with Crippen molar-refractivity contribution >= 4 is 17.3 Å². The second-order valence-corrected chi connectivity index (χ2v) is 7.08. The summed E-state index contributed by atoms with van der Waals surface area (Å²) in [6.45, 7) is 0. The number of ether oxygens (including phenoxy) is 1. The molecular weight excluding hydrogens is 280 g/mol. The minimum atomic E-state index is -0.202. The average molecular weight is 298 g/mol. The number of hydrogen-bond donors (Lipinski definition) is 0. The van der Waals surface area contributed by atoms with Crippen molar-refractivity contribution in [3.05, 3.63) is 50.7 Å². The summed E-state index contributed by atoms with van der Waals surface area (Å²) in [6, 6.07) is 8.10. The zero-order valence-corrected chi connectivity index (χ0v) is 12.8. The van der Waals surface area contributed by atoms with E-state index < -0.39 is 0 Å². The monoisotopic (exact) mass is 298 g/mol. The molecule has 0 unspecified atom stereocenters. The third-order valence-electron chi connectivity index (χ3n) is 4.48. The maximum absolute atomic E-state index is 12.3. The van der Waals surface area contributed by atoms with Crippen molar-refractivity contribution in [2.45, 2.75) is 44.9 Å². The van der Waals surface area contributed by atoms with Crippen molar-refractivity contribution in [2.75, 3.05) is 0 Å². The van der Waals surface area contributed by atoms with Gasteiger partial charge in [0.15, 0.2) is 0 Å². The van der Waals surface area contributed by atoms with Crippen LogP contribution in [0.3, 0.4) is 0 Å². The van der Waals surface area contributed by atoms with Gasteiger partial charge in [-0.25, -0.2) is 4.79 Å². The highest BCUT2D eigenvalue weighted by atomic mass is 32.1. The summed E-state index contributed by atoms with van der Waals surface area (Å²) in [5.74, 6) is 0.486. The van der Waals surface area contributed by atoms with Crippen LogP contribution < -0.4 is 4.74 Å². The lowest BCUT2D eigenvalue weighted by atomic mass is 9.99. The van der Waals surface area contributed by atoms with Crippen molar-refractivity contribution < 1.29 is 9.53 Å². The van der Waals surface area contributed by atoms with E-state index in [0.29, 0.717) is 5.75 Å². The number of fused-ring (bicyclic) bond motifs is 2. The summed E-state index contributed by atoms with van der Waals surface area (Å²) < 4.78 is 5.57. The zero-order chi connectivity index (χ0) is 14.2. The number of carbonyl (C=O) groups is 1. The van der Waals surface area contributed by atoms with E-state index in [0.717, 1.165) is 30.6 Å². The Morgan fingerprint density at radius 2 is 1.71 bits per heavy atom. The molecule has 0 saturated heterocycles. The topological polar surface area (TPSA) is 26.3 Å². The molecule has 2 nitrogen and oxygen atoms in total. The SMILES string of the molecule is O=C(Oc1ccc2c(c1)CCC2)c1cc2c(s1)CCCC2. The molecule has 3 heteroatoms. The number of benzene rings is 1. The second kappa shape index (κ2) is 5.30. The molecule has 0 N–H and O–H groups in total. The summed E-state index contributed by atoms with van der Waals surface area (Å²) >= 11 is 1.61. The first-order chi connectivity index (χ1) is 10.3. The van der Waals surface area contributed by atoms with E-state index in [1.807, 2.05) is 18.2 Å². The van der Waals surface area contributed by atoms with Crippen LogP contribution in [-0.4, -0.2) is 5.97 Å². The van der Waals surface area contributed by atoms with Crippen LogP contribution in [0.2, 0.25) is 0 Å². The Morgan fingerprint density at radius 3 is 2.62 bits per heavy atom. The number of esters is 1. The maximum atomic E-state index is 12.3. The molecule has 2 aliphatic rings. The van der Waals surface area contributed by atoms with Crippen molar-refractivity contribution in [3.63, 3.8) is 0 Å². The Morgan fingerprint density at radius 1 is 0.905 bits per heavy atom.